The number of guanidine groups is 1. The molecule has 0 unspecified atom stereocenters. The van der Waals surface area contributed by atoms with Gasteiger partial charge in [-0.1, -0.05) is 24.3 Å². The van der Waals surface area contributed by atoms with Crippen LogP contribution in [0.15, 0.2) is 59.0 Å². The summed E-state index contributed by atoms with van der Waals surface area (Å²) >= 11 is 1.77. The van der Waals surface area contributed by atoms with E-state index >= 15 is 0 Å². The first-order valence-electron chi connectivity index (χ1n) is 8.89. The van der Waals surface area contributed by atoms with Crippen molar-refractivity contribution in [3.05, 3.63) is 70.2 Å². The Kier molecular flexibility index (Phi) is 8.80. The highest BCUT2D eigenvalue weighted by molar-refractivity contribution is 14.0. The first-order chi connectivity index (χ1) is 12.7. The Morgan fingerprint density at radius 1 is 1.19 bits per heavy atom. The maximum atomic E-state index is 5.93. The summed E-state index contributed by atoms with van der Waals surface area (Å²) < 4.78 is 1.94. The Balaban J connectivity index is 0.00000261. The number of thiophene rings is 1. The fourth-order valence-electron chi connectivity index (χ4n) is 2.75. The molecule has 7 heteroatoms. The highest BCUT2D eigenvalue weighted by Crippen LogP contribution is 2.13. The van der Waals surface area contributed by atoms with Crippen molar-refractivity contribution in [2.24, 2.45) is 10.7 Å². The number of nitrogens with one attached hydrogen (secondary N) is 1. The molecule has 0 spiro atoms. The highest BCUT2D eigenvalue weighted by atomic mass is 127. The van der Waals surface area contributed by atoms with Crippen LogP contribution in [0.25, 0.3) is 5.69 Å². The molecule has 0 atom stereocenters. The van der Waals surface area contributed by atoms with Crippen LogP contribution < -0.4 is 11.1 Å². The molecule has 2 aromatic heterocycles. The number of aromatic nitrogens is 2. The van der Waals surface area contributed by atoms with Crippen LogP contribution in [0.3, 0.4) is 0 Å². The quantitative estimate of drug-likeness (QED) is 0.215. The maximum absolute atomic E-state index is 5.93. The monoisotopic (exact) mass is 495 g/mol. The molecule has 2 heterocycles. The van der Waals surface area contributed by atoms with Crippen molar-refractivity contribution >= 4 is 41.3 Å². The zero-order valence-electron chi connectivity index (χ0n) is 15.5. The molecular formula is C20H26IN5S. The van der Waals surface area contributed by atoms with Gasteiger partial charge in [0.1, 0.15) is 0 Å². The van der Waals surface area contributed by atoms with E-state index in [9.17, 15) is 0 Å². The lowest BCUT2D eigenvalue weighted by molar-refractivity contribution is 0.807. The third kappa shape index (κ3) is 6.66. The number of nitrogens with two attached hydrogens (primary N) is 1. The largest absolute Gasteiger partial charge is 0.370 e. The summed E-state index contributed by atoms with van der Waals surface area (Å²) in [5.41, 5.74) is 9.34. The molecule has 0 aliphatic carbocycles. The molecule has 0 amide bonds. The van der Waals surface area contributed by atoms with Gasteiger partial charge < -0.3 is 11.1 Å². The molecule has 0 aliphatic heterocycles. The number of hydrogen-bond acceptors (Lipinski definition) is 3. The summed E-state index contributed by atoms with van der Waals surface area (Å²) in [7, 11) is 0. The average Bonchev–Trinajstić information content (AvgIpc) is 3.29. The number of para-hydroxylation sites is 1. The second kappa shape index (κ2) is 11.1. The van der Waals surface area contributed by atoms with Gasteiger partial charge in [0, 0.05) is 24.2 Å². The second-order valence-electron chi connectivity index (χ2n) is 6.15. The van der Waals surface area contributed by atoms with Gasteiger partial charge in [0.05, 0.1) is 11.4 Å². The SMILES string of the molecule is Cc1nn(-c2ccccc2)cc1CCCN=C(N)NCCc1cccs1.I. The van der Waals surface area contributed by atoms with E-state index in [1.165, 1.54) is 10.4 Å². The molecule has 0 radical (unpaired) electrons. The summed E-state index contributed by atoms with van der Waals surface area (Å²) in [5.74, 6) is 0.526. The van der Waals surface area contributed by atoms with Crippen LogP contribution in [-0.4, -0.2) is 28.8 Å². The average molecular weight is 495 g/mol. The first-order valence-corrected chi connectivity index (χ1v) is 9.77. The fraction of sp³-hybridized carbons (Fsp3) is 0.300. The Hall–Kier alpha value is -1.87. The van der Waals surface area contributed by atoms with Gasteiger partial charge in [-0.15, -0.1) is 35.3 Å². The van der Waals surface area contributed by atoms with Crippen molar-refractivity contribution in [3.8, 4) is 5.69 Å². The summed E-state index contributed by atoms with van der Waals surface area (Å²) in [6.07, 6.45) is 4.99. The number of aryl methyl sites for hydroxylation is 2. The molecule has 3 aromatic rings. The van der Waals surface area contributed by atoms with Crippen LogP contribution in [0.1, 0.15) is 22.6 Å². The molecule has 0 aliphatic rings. The third-order valence-corrected chi connectivity index (χ3v) is 5.10. The van der Waals surface area contributed by atoms with Gasteiger partial charge in [0.25, 0.3) is 0 Å². The van der Waals surface area contributed by atoms with Gasteiger partial charge in [-0.2, -0.15) is 5.10 Å². The van der Waals surface area contributed by atoms with E-state index in [4.69, 9.17) is 5.73 Å². The zero-order valence-corrected chi connectivity index (χ0v) is 18.6. The number of hydrogen-bond donors (Lipinski definition) is 2. The summed E-state index contributed by atoms with van der Waals surface area (Å²) in [6, 6.07) is 14.4. The van der Waals surface area contributed by atoms with Crippen LogP contribution in [0, 0.1) is 6.92 Å². The molecule has 3 N–H and O–H groups in total. The number of benzene rings is 1. The third-order valence-electron chi connectivity index (χ3n) is 4.17. The van der Waals surface area contributed by atoms with E-state index in [1.807, 2.05) is 22.9 Å². The van der Waals surface area contributed by atoms with Gasteiger partial charge in [-0.25, -0.2) is 4.68 Å². The van der Waals surface area contributed by atoms with Crippen molar-refractivity contribution in [2.75, 3.05) is 13.1 Å². The van der Waals surface area contributed by atoms with E-state index in [2.05, 4.69) is 58.2 Å². The molecule has 27 heavy (non-hydrogen) atoms. The van der Waals surface area contributed by atoms with Gasteiger partial charge in [0.2, 0.25) is 0 Å². The Morgan fingerprint density at radius 2 is 2.00 bits per heavy atom. The van der Waals surface area contributed by atoms with Gasteiger partial charge >= 0.3 is 0 Å². The van der Waals surface area contributed by atoms with E-state index in [0.29, 0.717) is 12.5 Å². The topological polar surface area (TPSA) is 68.2 Å². The Bertz CT molecular complexity index is 827. The van der Waals surface area contributed by atoms with Crippen LogP contribution >= 0.6 is 35.3 Å². The second-order valence-corrected chi connectivity index (χ2v) is 7.18. The molecule has 3 rings (SSSR count). The van der Waals surface area contributed by atoms with Crippen molar-refractivity contribution in [1.29, 1.82) is 0 Å². The van der Waals surface area contributed by atoms with E-state index in [-0.39, 0.29) is 24.0 Å². The Morgan fingerprint density at radius 3 is 2.74 bits per heavy atom. The van der Waals surface area contributed by atoms with Crippen LogP contribution in [0.4, 0.5) is 0 Å². The molecule has 0 fully saturated rings. The lowest BCUT2D eigenvalue weighted by Crippen LogP contribution is -2.33. The molecule has 144 valence electrons. The molecule has 0 saturated carbocycles. The first kappa shape index (κ1) is 21.4. The van der Waals surface area contributed by atoms with Gasteiger partial charge in [-0.05, 0) is 55.3 Å². The highest BCUT2D eigenvalue weighted by Gasteiger charge is 2.06. The summed E-state index contributed by atoms with van der Waals surface area (Å²) in [4.78, 5) is 5.77. The maximum Gasteiger partial charge on any atom is 0.188 e. The molecule has 5 nitrogen and oxygen atoms in total. The minimum absolute atomic E-state index is 0. The lowest BCUT2D eigenvalue weighted by atomic mass is 10.1. The molecule has 1 aromatic carbocycles. The minimum atomic E-state index is 0. The smallest absolute Gasteiger partial charge is 0.188 e. The van der Waals surface area contributed by atoms with E-state index in [1.54, 1.807) is 11.3 Å². The van der Waals surface area contributed by atoms with Crippen LogP contribution in [0.2, 0.25) is 0 Å². The summed E-state index contributed by atoms with van der Waals surface area (Å²) in [5, 5.41) is 9.87. The van der Waals surface area contributed by atoms with Crippen LogP contribution in [-0.2, 0) is 12.8 Å². The summed E-state index contributed by atoms with van der Waals surface area (Å²) in [6.45, 7) is 3.59. The predicted octanol–water partition coefficient (Wildman–Crippen LogP) is 3.94. The van der Waals surface area contributed by atoms with Crippen molar-refractivity contribution in [2.45, 2.75) is 26.2 Å². The molecule has 0 saturated heterocycles. The van der Waals surface area contributed by atoms with Crippen LogP contribution in [0.5, 0.6) is 0 Å². The van der Waals surface area contributed by atoms with Crippen molar-refractivity contribution in [1.82, 2.24) is 15.1 Å². The fourth-order valence-corrected chi connectivity index (χ4v) is 3.46. The number of rotatable bonds is 8. The predicted molar refractivity (Wildman–Crippen MR) is 125 cm³/mol. The van der Waals surface area contributed by atoms with E-state index < -0.39 is 0 Å². The molecular weight excluding hydrogens is 469 g/mol. The van der Waals surface area contributed by atoms with E-state index in [0.717, 1.165) is 37.2 Å². The minimum Gasteiger partial charge on any atom is -0.370 e. The number of aliphatic imine (C=N–C) groups is 1. The van der Waals surface area contributed by atoms with Gasteiger partial charge in [-0.3, -0.25) is 4.99 Å². The zero-order chi connectivity index (χ0) is 18.2. The van der Waals surface area contributed by atoms with Gasteiger partial charge in [0.15, 0.2) is 5.96 Å². The lowest BCUT2D eigenvalue weighted by Gasteiger charge is -2.04. The number of halogens is 1. The molecule has 0 bridgehead atoms. The van der Waals surface area contributed by atoms with Crippen molar-refractivity contribution < 1.29 is 0 Å². The normalized spacial score (nSPS) is 11.2. The standard InChI is InChI=1S/C20H25N5S.HI/c1-16-17(15-25(24-16)18-8-3-2-4-9-18)7-5-12-22-20(21)23-13-11-19-10-6-14-26-19;/h2-4,6,8-10,14-15H,5,7,11-13H2,1H3,(H3,21,22,23);1H. The van der Waals surface area contributed by atoms with Crippen molar-refractivity contribution in [3.63, 3.8) is 0 Å². The Labute approximate surface area is 181 Å². The number of nitrogens with zero attached hydrogens (tertiary/aromatic N) is 3.